The van der Waals surface area contributed by atoms with Crippen LogP contribution in [-0.2, 0) is 14.8 Å². The molecule has 2 aromatic rings. The van der Waals surface area contributed by atoms with Crippen molar-refractivity contribution >= 4 is 15.9 Å². The first kappa shape index (κ1) is 24.2. The Labute approximate surface area is 188 Å². The van der Waals surface area contributed by atoms with Crippen molar-refractivity contribution in [3.63, 3.8) is 0 Å². The van der Waals surface area contributed by atoms with E-state index in [0.717, 1.165) is 0 Å². The number of fused-ring (bicyclic) bond motifs is 1. The summed E-state index contributed by atoms with van der Waals surface area (Å²) in [6, 6.07) is 10.0. The maximum atomic E-state index is 13.8. The van der Waals surface area contributed by atoms with Crippen LogP contribution < -0.4 is 4.74 Å². The van der Waals surface area contributed by atoms with Crippen LogP contribution in [0.5, 0.6) is 5.75 Å². The van der Waals surface area contributed by atoms with Crippen molar-refractivity contribution in [1.82, 2.24) is 9.21 Å². The van der Waals surface area contributed by atoms with E-state index in [0.29, 0.717) is 11.1 Å². The Morgan fingerprint density at radius 3 is 2.59 bits per heavy atom. The first-order chi connectivity index (χ1) is 15.0. The fourth-order valence-corrected chi connectivity index (χ4v) is 5.52. The highest BCUT2D eigenvalue weighted by molar-refractivity contribution is 7.89. The zero-order valence-corrected chi connectivity index (χ0v) is 19.5. The van der Waals surface area contributed by atoms with Gasteiger partial charge in [0, 0.05) is 32.5 Å². The van der Waals surface area contributed by atoms with E-state index in [1.807, 2.05) is 6.92 Å². The van der Waals surface area contributed by atoms with Gasteiger partial charge in [0.25, 0.3) is 0 Å². The number of likely N-dealkylation sites (N-methyl/N-ethyl adjacent to an activating group) is 1. The molecule has 0 bridgehead atoms. The number of hydrogen-bond acceptors (Lipinski definition) is 5. The first-order valence-electron chi connectivity index (χ1n) is 10.5. The molecule has 2 aromatic carbocycles. The van der Waals surface area contributed by atoms with Gasteiger partial charge in [0.15, 0.2) is 0 Å². The SMILES string of the molecule is CC(=O)N(C)C[C@H]1Oc2cc(-c3cccc(F)c3)ccc2S(=O)(=O)N([C@@H](C)CO)C[C@@H]1C. The Morgan fingerprint density at radius 1 is 1.28 bits per heavy atom. The highest BCUT2D eigenvalue weighted by atomic mass is 32.2. The minimum atomic E-state index is -3.97. The zero-order valence-electron chi connectivity index (χ0n) is 18.7. The van der Waals surface area contributed by atoms with Crippen LogP contribution in [0.1, 0.15) is 20.8 Å². The predicted octanol–water partition coefficient (Wildman–Crippen LogP) is 2.74. The molecule has 3 rings (SSSR count). The van der Waals surface area contributed by atoms with Crippen molar-refractivity contribution in [1.29, 1.82) is 0 Å². The number of carbonyl (C=O) groups excluding carboxylic acids is 1. The van der Waals surface area contributed by atoms with Crippen molar-refractivity contribution < 1.29 is 27.4 Å². The molecule has 32 heavy (non-hydrogen) atoms. The van der Waals surface area contributed by atoms with Gasteiger partial charge in [0.05, 0.1) is 13.2 Å². The number of nitrogens with zero attached hydrogens (tertiary/aromatic N) is 2. The van der Waals surface area contributed by atoms with Crippen molar-refractivity contribution in [2.24, 2.45) is 5.92 Å². The van der Waals surface area contributed by atoms with Gasteiger partial charge in [-0.3, -0.25) is 4.79 Å². The van der Waals surface area contributed by atoms with E-state index < -0.39 is 28.0 Å². The third kappa shape index (κ3) is 4.95. The maximum absolute atomic E-state index is 13.8. The third-order valence-electron chi connectivity index (χ3n) is 5.82. The molecule has 9 heteroatoms. The molecule has 7 nitrogen and oxygen atoms in total. The predicted molar refractivity (Wildman–Crippen MR) is 119 cm³/mol. The molecule has 0 unspecified atom stereocenters. The van der Waals surface area contributed by atoms with Gasteiger partial charge < -0.3 is 14.7 Å². The number of sulfonamides is 1. The van der Waals surface area contributed by atoms with Crippen molar-refractivity contribution in [3.05, 3.63) is 48.3 Å². The van der Waals surface area contributed by atoms with E-state index in [9.17, 15) is 22.7 Å². The summed E-state index contributed by atoms with van der Waals surface area (Å²) < 4.78 is 48.2. The molecule has 1 heterocycles. The number of halogens is 1. The second-order valence-corrected chi connectivity index (χ2v) is 10.2. The summed E-state index contributed by atoms with van der Waals surface area (Å²) in [4.78, 5) is 13.3. The minimum absolute atomic E-state index is 0.0275. The lowest BCUT2D eigenvalue weighted by Gasteiger charge is -2.37. The summed E-state index contributed by atoms with van der Waals surface area (Å²) in [6.07, 6.45) is -0.491. The average Bonchev–Trinajstić information content (AvgIpc) is 2.75. The van der Waals surface area contributed by atoms with E-state index in [1.54, 1.807) is 38.2 Å². The van der Waals surface area contributed by atoms with Gasteiger partial charge in [-0.1, -0.05) is 25.1 Å². The van der Waals surface area contributed by atoms with Crippen LogP contribution in [0.3, 0.4) is 0 Å². The average molecular weight is 465 g/mol. The number of benzene rings is 2. The molecular weight excluding hydrogens is 435 g/mol. The fourth-order valence-electron chi connectivity index (χ4n) is 3.69. The Balaban J connectivity index is 2.14. The monoisotopic (exact) mass is 464 g/mol. The zero-order chi connectivity index (χ0) is 23.6. The number of hydrogen-bond donors (Lipinski definition) is 1. The topological polar surface area (TPSA) is 87.2 Å². The Kier molecular flexibility index (Phi) is 7.22. The molecule has 0 aromatic heterocycles. The van der Waals surface area contributed by atoms with Gasteiger partial charge in [-0.15, -0.1) is 0 Å². The maximum Gasteiger partial charge on any atom is 0.247 e. The molecule has 0 saturated carbocycles. The van der Waals surface area contributed by atoms with Gasteiger partial charge >= 0.3 is 0 Å². The van der Waals surface area contributed by atoms with Crippen molar-refractivity contribution in [2.75, 3.05) is 26.7 Å². The summed E-state index contributed by atoms with van der Waals surface area (Å²) in [6.45, 7) is 5.01. The molecule has 0 fully saturated rings. The van der Waals surface area contributed by atoms with Gasteiger partial charge in [-0.2, -0.15) is 4.31 Å². The molecule has 1 aliphatic heterocycles. The number of aliphatic hydroxyl groups excluding tert-OH is 1. The highest BCUT2D eigenvalue weighted by Gasteiger charge is 2.38. The summed E-state index contributed by atoms with van der Waals surface area (Å²) in [5.74, 6) is -0.674. The summed E-state index contributed by atoms with van der Waals surface area (Å²) in [5, 5.41) is 9.69. The normalized spacial score (nSPS) is 21.6. The second kappa shape index (κ2) is 9.56. The van der Waals surface area contributed by atoms with Crippen LogP contribution in [-0.4, -0.2) is 67.5 Å². The quantitative estimate of drug-likeness (QED) is 0.735. The number of rotatable bonds is 5. The summed E-state index contributed by atoms with van der Waals surface area (Å²) >= 11 is 0. The molecule has 174 valence electrons. The molecular formula is C23H29FN2O5S. The lowest BCUT2D eigenvalue weighted by atomic mass is 10.0. The van der Waals surface area contributed by atoms with Crippen LogP contribution >= 0.6 is 0 Å². The fraction of sp³-hybridized carbons (Fsp3) is 0.435. The number of carbonyl (C=O) groups is 1. The molecule has 0 saturated heterocycles. The first-order valence-corrected chi connectivity index (χ1v) is 11.9. The van der Waals surface area contributed by atoms with E-state index >= 15 is 0 Å². The van der Waals surface area contributed by atoms with E-state index in [-0.39, 0.29) is 42.2 Å². The molecule has 0 aliphatic carbocycles. The van der Waals surface area contributed by atoms with Crippen LogP contribution in [0.25, 0.3) is 11.1 Å². The molecule has 1 amide bonds. The Morgan fingerprint density at radius 2 is 1.97 bits per heavy atom. The number of aliphatic hydroxyl groups is 1. The lowest BCUT2D eigenvalue weighted by Crippen LogP contribution is -2.50. The van der Waals surface area contributed by atoms with Crippen LogP contribution in [0.15, 0.2) is 47.4 Å². The lowest BCUT2D eigenvalue weighted by molar-refractivity contribution is -0.129. The molecule has 3 atom stereocenters. The largest absolute Gasteiger partial charge is 0.487 e. The molecule has 1 N–H and O–H groups in total. The van der Waals surface area contributed by atoms with Gasteiger partial charge in [-0.05, 0) is 42.3 Å². The van der Waals surface area contributed by atoms with Gasteiger partial charge in [-0.25, -0.2) is 12.8 Å². The summed E-state index contributed by atoms with van der Waals surface area (Å²) in [7, 11) is -2.31. The van der Waals surface area contributed by atoms with Crippen LogP contribution in [0, 0.1) is 11.7 Å². The van der Waals surface area contributed by atoms with Crippen LogP contribution in [0.2, 0.25) is 0 Å². The minimum Gasteiger partial charge on any atom is -0.487 e. The van der Waals surface area contributed by atoms with Crippen molar-refractivity contribution in [3.8, 4) is 16.9 Å². The summed E-state index contributed by atoms with van der Waals surface area (Å²) in [5.41, 5.74) is 1.19. The van der Waals surface area contributed by atoms with Gasteiger partial charge in [0.1, 0.15) is 22.6 Å². The second-order valence-electron chi connectivity index (χ2n) is 8.31. The Bertz CT molecular complexity index is 1090. The van der Waals surface area contributed by atoms with E-state index in [1.165, 1.54) is 34.3 Å². The van der Waals surface area contributed by atoms with Crippen molar-refractivity contribution in [2.45, 2.75) is 37.8 Å². The molecule has 0 spiro atoms. The molecule has 0 radical (unpaired) electrons. The van der Waals surface area contributed by atoms with E-state index in [2.05, 4.69) is 0 Å². The van der Waals surface area contributed by atoms with E-state index in [4.69, 9.17) is 4.74 Å². The molecule has 1 aliphatic rings. The van der Waals surface area contributed by atoms with Gasteiger partial charge in [0.2, 0.25) is 15.9 Å². The standard InChI is InChI=1S/C23H29FN2O5S/c1-15-12-26(16(2)14-27)32(29,30)23-9-8-19(18-6-5-7-20(24)10-18)11-21(23)31-22(15)13-25(4)17(3)28/h5-11,15-16,22,27H,12-14H2,1-4H3/t15-,16-,22+/m0/s1. The number of amides is 1. The van der Waals surface area contributed by atoms with Crippen LogP contribution in [0.4, 0.5) is 4.39 Å². The highest BCUT2D eigenvalue weighted by Crippen LogP contribution is 2.36. The Hall–Kier alpha value is -2.49. The number of ether oxygens (including phenoxy) is 1. The third-order valence-corrected chi connectivity index (χ3v) is 7.84. The smallest absolute Gasteiger partial charge is 0.247 e.